The van der Waals surface area contributed by atoms with Crippen molar-refractivity contribution in [1.29, 1.82) is 0 Å². The molecular formula is C14H11Br2NO2. The molecule has 0 saturated heterocycles. The third-order valence-electron chi connectivity index (χ3n) is 2.57. The monoisotopic (exact) mass is 383 g/mol. The van der Waals surface area contributed by atoms with Crippen LogP contribution >= 0.6 is 31.9 Å². The van der Waals surface area contributed by atoms with Crippen LogP contribution in [0.2, 0.25) is 0 Å². The number of aromatic hydroxyl groups is 1. The number of nitrogens with one attached hydrogen (secondary N) is 1. The van der Waals surface area contributed by atoms with Gasteiger partial charge in [-0.1, -0.05) is 28.1 Å². The van der Waals surface area contributed by atoms with Crippen molar-refractivity contribution in [3.05, 3.63) is 62.5 Å². The summed E-state index contributed by atoms with van der Waals surface area (Å²) in [6.45, 7) is 0.418. The summed E-state index contributed by atoms with van der Waals surface area (Å²) in [5, 5.41) is 12.0. The van der Waals surface area contributed by atoms with Crippen molar-refractivity contribution in [3.8, 4) is 5.75 Å². The van der Waals surface area contributed by atoms with Crippen LogP contribution in [0.5, 0.6) is 5.75 Å². The van der Waals surface area contributed by atoms with Gasteiger partial charge in [0.1, 0.15) is 5.75 Å². The van der Waals surface area contributed by atoms with Crippen LogP contribution in [-0.2, 0) is 6.54 Å². The molecule has 2 aromatic carbocycles. The zero-order valence-electron chi connectivity index (χ0n) is 9.86. The van der Waals surface area contributed by atoms with Crippen LogP contribution in [0.3, 0.4) is 0 Å². The minimum atomic E-state index is -0.146. The van der Waals surface area contributed by atoms with E-state index in [1.54, 1.807) is 30.3 Å². The number of carbonyl (C=O) groups is 1. The van der Waals surface area contributed by atoms with Gasteiger partial charge in [0.2, 0.25) is 0 Å². The molecule has 98 valence electrons. The summed E-state index contributed by atoms with van der Waals surface area (Å²) in [7, 11) is 0. The van der Waals surface area contributed by atoms with E-state index in [0.29, 0.717) is 12.1 Å². The average Bonchev–Trinajstić information content (AvgIpc) is 2.37. The molecule has 0 heterocycles. The number of benzene rings is 2. The van der Waals surface area contributed by atoms with Gasteiger partial charge >= 0.3 is 0 Å². The molecule has 5 heteroatoms. The van der Waals surface area contributed by atoms with Gasteiger partial charge in [0.25, 0.3) is 5.91 Å². The van der Waals surface area contributed by atoms with Crippen molar-refractivity contribution >= 4 is 37.8 Å². The first kappa shape index (κ1) is 14.1. The fourth-order valence-corrected chi connectivity index (χ4v) is 2.79. The number of hydrogen-bond donors (Lipinski definition) is 2. The van der Waals surface area contributed by atoms with Gasteiger partial charge in [-0.15, -0.1) is 0 Å². The van der Waals surface area contributed by atoms with E-state index in [-0.39, 0.29) is 11.7 Å². The topological polar surface area (TPSA) is 49.3 Å². The lowest BCUT2D eigenvalue weighted by atomic mass is 10.2. The molecular weight excluding hydrogens is 374 g/mol. The smallest absolute Gasteiger partial charge is 0.252 e. The molecule has 0 atom stereocenters. The maximum absolute atomic E-state index is 12.0. The van der Waals surface area contributed by atoms with Crippen molar-refractivity contribution in [2.24, 2.45) is 0 Å². The average molecular weight is 385 g/mol. The largest absolute Gasteiger partial charge is 0.508 e. The highest BCUT2D eigenvalue weighted by Gasteiger charge is 2.09. The number of phenolic OH excluding ortho intramolecular Hbond substituents is 1. The Morgan fingerprint density at radius 3 is 2.42 bits per heavy atom. The molecule has 0 spiro atoms. The van der Waals surface area contributed by atoms with E-state index >= 15 is 0 Å². The van der Waals surface area contributed by atoms with Gasteiger partial charge in [0.05, 0.1) is 5.56 Å². The molecule has 0 aliphatic carbocycles. The van der Waals surface area contributed by atoms with Gasteiger partial charge < -0.3 is 10.4 Å². The number of phenols is 1. The molecule has 2 rings (SSSR count). The van der Waals surface area contributed by atoms with E-state index in [1.165, 1.54) is 0 Å². The van der Waals surface area contributed by atoms with E-state index < -0.39 is 0 Å². The van der Waals surface area contributed by atoms with E-state index in [0.717, 1.165) is 14.5 Å². The Balaban J connectivity index is 2.03. The summed E-state index contributed by atoms with van der Waals surface area (Å²) in [6, 6.07) is 12.1. The minimum Gasteiger partial charge on any atom is -0.508 e. The third kappa shape index (κ3) is 3.81. The number of amides is 1. The van der Waals surface area contributed by atoms with Gasteiger partial charge in [-0.25, -0.2) is 0 Å². The number of rotatable bonds is 3. The highest BCUT2D eigenvalue weighted by Crippen LogP contribution is 2.22. The molecule has 2 N–H and O–H groups in total. The van der Waals surface area contributed by atoms with Crippen molar-refractivity contribution in [1.82, 2.24) is 5.32 Å². The summed E-state index contributed by atoms with van der Waals surface area (Å²) in [5.41, 5.74) is 1.52. The van der Waals surface area contributed by atoms with Crippen LogP contribution in [0.25, 0.3) is 0 Å². The maximum Gasteiger partial charge on any atom is 0.252 e. The van der Waals surface area contributed by atoms with Crippen LogP contribution in [0.4, 0.5) is 0 Å². The van der Waals surface area contributed by atoms with Gasteiger partial charge in [-0.3, -0.25) is 4.79 Å². The molecule has 3 nitrogen and oxygen atoms in total. The van der Waals surface area contributed by atoms with E-state index in [1.807, 2.05) is 12.1 Å². The minimum absolute atomic E-state index is 0.146. The molecule has 0 unspecified atom stereocenters. The maximum atomic E-state index is 12.0. The third-order valence-corrected chi connectivity index (χ3v) is 3.71. The predicted octanol–water partition coefficient (Wildman–Crippen LogP) is 3.85. The van der Waals surface area contributed by atoms with Crippen LogP contribution in [0.1, 0.15) is 15.9 Å². The van der Waals surface area contributed by atoms with Gasteiger partial charge in [-0.2, -0.15) is 0 Å². The lowest BCUT2D eigenvalue weighted by Gasteiger charge is -2.07. The predicted molar refractivity (Wildman–Crippen MR) is 81.1 cm³/mol. The fourth-order valence-electron chi connectivity index (χ4n) is 1.56. The lowest BCUT2D eigenvalue weighted by Crippen LogP contribution is -2.23. The molecule has 0 aromatic heterocycles. The molecule has 19 heavy (non-hydrogen) atoms. The summed E-state index contributed by atoms with van der Waals surface area (Å²) in [4.78, 5) is 12.0. The van der Waals surface area contributed by atoms with E-state index in [9.17, 15) is 9.90 Å². The van der Waals surface area contributed by atoms with E-state index in [4.69, 9.17) is 0 Å². The molecule has 1 amide bonds. The lowest BCUT2D eigenvalue weighted by molar-refractivity contribution is 0.0950. The normalized spacial score (nSPS) is 10.2. The Morgan fingerprint density at radius 1 is 1.11 bits per heavy atom. The molecule has 0 aliphatic heterocycles. The second-order valence-electron chi connectivity index (χ2n) is 3.97. The van der Waals surface area contributed by atoms with Crippen molar-refractivity contribution in [2.75, 3.05) is 0 Å². The molecule has 2 aromatic rings. The van der Waals surface area contributed by atoms with Crippen LogP contribution < -0.4 is 5.32 Å². The number of carbonyl (C=O) groups excluding carboxylic acids is 1. The second kappa shape index (κ2) is 6.21. The highest BCUT2D eigenvalue weighted by molar-refractivity contribution is 9.11. The SMILES string of the molecule is O=C(NCc1ccc(O)cc1)c1ccc(Br)cc1Br. The van der Waals surface area contributed by atoms with Crippen LogP contribution in [0.15, 0.2) is 51.4 Å². The van der Waals surface area contributed by atoms with Gasteiger partial charge in [0.15, 0.2) is 0 Å². The fraction of sp³-hybridized carbons (Fsp3) is 0.0714. The Kier molecular flexibility index (Phi) is 4.61. The Morgan fingerprint density at radius 2 is 1.79 bits per heavy atom. The van der Waals surface area contributed by atoms with Crippen molar-refractivity contribution in [2.45, 2.75) is 6.54 Å². The Bertz CT molecular complexity index is 597. The number of hydrogen-bond acceptors (Lipinski definition) is 2. The first-order valence-electron chi connectivity index (χ1n) is 5.57. The summed E-state index contributed by atoms with van der Waals surface area (Å²) < 4.78 is 1.65. The first-order chi connectivity index (χ1) is 9.06. The Hall–Kier alpha value is -1.33. The van der Waals surface area contributed by atoms with Crippen LogP contribution in [0, 0.1) is 0 Å². The van der Waals surface area contributed by atoms with Gasteiger partial charge in [-0.05, 0) is 51.8 Å². The van der Waals surface area contributed by atoms with Gasteiger partial charge in [0, 0.05) is 15.5 Å². The molecule has 0 aliphatic rings. The van der Waals surface area contributed by atoms with Crippen LogP contribution in [-0.4, -0.2) is 11.0 Å². The van der Waals surface area contributed by atoms with E-state index in [2.05, 4.69) is 37.2 Å². The zero-order valence-corrected chi connectivity index (χ0v) is 13.0. The Labute approximate surface area is 127 Å². The standard InChI is InChI=1S/C14H11Br2NO2/c15-10-3-6-12(13(16)7-10)14(19)17-8-9-1-4-11(18)5-2-9/h1-7,18H,8H2,(H,17,19). The summed E-state index contributed by atoms with van der Waals surface area (Å²) >= 11 is 6.70. The molecule has 0 fully saturated rings. The first-order valence-corrected chi connectivity index (χ1v) is 7.16. The van der Waals surface area contributed by atoms with Crippen molar-refractivity contribution in [3.63, 3.8) is 0 Å². The zero-order chi connectivity index (χ0) is 13.8. The second-order valence-corrected chi connectivity index (χ2v) is 5.74. The highest BCUT2D eigenvalue weighted by atomic mass is 79.9. The number of halogens is 2. The van der Waals surface area contributed by atoms with Crippen molar-refractivity contribution < 1.29 is 9.90 Å². The molecule has 0 saturated carbocycles. The molecule has 0 bridgehead atoms. The quantitative estimate of drug-likeness (QED) is 0.844. The molecule has 0 radical (unpaired) electrons. The summed E-state index contributed by atoms with van der Waals surface area (Å²) in [6.07, 6.45) is 0. The summed E-state index contributed by atoms with van der Waals surface area (Å²) in [5.74, 6) is 0.0678.